The number of aryl methyl sites for hydroxylation is 2. The lowest BCUT2D eigenvalue weighted by molar-refractivity contribution is 0.201. The quantitative estimate of drug-likeness (QED) is 0.754. The SMILES string of the molecule is CCc1cc(CN(C)CC2CC(Cl)C2)n(C)n1. The molecule has 3 nitrogen and oxygen atoms in total. The Morgan fingerprint density at radius 3 is 2.76 bits per heavy atom. The summed E-state index contributed by atoms with van der Waals surface area (Å²) in [5, 5.41) is 4.90. The maximum absolute atomic E-state index is 6.00. The van der Waals surface area contributed by atoms with Crippen LogP contribution in [0.25, 0.3) is 0 Å². The van der Waals surface area contributed by atoms with Crippen molar-refractivity contribution in [3.8, 4) is 0 Å². The minimum absolute atomic E-state index is 0.428. The highest BCUT2D eigenvalue weighted by molar-refractivity contribution is 6.21. The molecule has 0 atom stereocenters. The molecule has 1 saturated carbocycles. The van der Waals surface area contributed by atoms with Gasteiger partial charge in [-0.3, -0.25) is 4.68 Å². The molecule has 1 aromatic heterocycles. The van der Waals surface area contributed by atoms with Gasteiger partial charge in [0.2, 0.25) is 0 Å². The van der Waals surface area contributed by atoms with Crippen LogP contribution in [-0.4, -0.2) is 33.6 Å². The van der Waals surface area contributed by atoms with Crippen LogP contribution in [0.3, 0.4) is 0 Å². The Morgan fingerprint density at radius 2 is 2.24 bits per heavy atom. The van der Waals surface area contributed by atoms with Crippen molar-refractivity contribution in [2.75, 3.05) is 13.6 Å². The molecule has 0 spiro atoms. The maximum Gasteiger partial charge on any atom is 0.0625 e. The van der Waals surface area contributed by atoms with E-state index in [4.69, 9.17) is 11.6 Å². The molecule has 1 heterocycles. The summed E-state index contributed by atoms with van der Waals surface area (Å²) in [7, 11) is 4.21. The Hall–Kier alpha value is -0.540. The Morgan fingerprint density at radius 1 is 1.53 bits per heavy atom. The van der Waals surface area contributed by atoms with Gasteiger partial charge in [-0.25, -0.2) is 0 Å². The van der Waals surface area contributed by atoms with E-state index >= 15 is 0 Å². The molecule has 0 N–H and O–H groups in total. The number of alkyl halides is 1. The number of rotatable bonds is 5. The van der Waals surface area contributed by atoms with Crippen LogP contribution >= 0.6 is 11.6 Å². The van der Waals surface area contributed by atoms with Gasteiger partial charge in [0.1, 0.15) is 0 Å². The van der Waals surface area contributed by atoms with Crippen molar-refractivity contribution in [1.82, 2.24) is 14.7 Å². The van der Waals surface area contributed by atoms with Crippen LogP contribution in [0, 0.1) is 5.92 Å². The Balaban J connectivity index is 1.84. The molecule has 1 aliphatic rings. The lowest BCUT2D eigenvalue weighted by Gasteiger charge is -2.34. The number of hydrogen-bond donors (Lipinski definition) is 0. The van der Waals surface area contributed by atoms with E-state index in [-0.39, 0.29) is 0 Å². The predicted octanol–water partition coefficient (Wildman–Crippen LogP) is 2.43. The molecule has 4 heteroatoms. The highest BCUT2D eigenvalue weighted by atomic mass is 35.5. The van der Waals surface area contributed by atoms with Crippen molar-refractivity contribution in [2.24, 2.45) is 13.0 Å². The minimum atomic E-state index is 0.428. The number of hydrogen-bond acceptors (Lipinski definition) is 2. The largest absolute Gasteiger partial charge is 0.300 e. The van der Waals surface area contributed by atoms with Gasteiger partial charge in [-0.2, -0.15) is 5.10 Å². The van der Waals surface area contributed by atoms with E-state index in [0.29, 0.717) is 5.38 Å². The second kappa shape index (κ2) is 5.40. The first-order valence-corrected chi connectivity index (χ1v) is 6.86. The Bertz CT molecular complexity index is 369. The fourth-order valence-electron chi connectivity index (χ4n) is 2.48. The summed E-state index contributed by atoms with van der Waals surface area (Å²) in [6.07, 6.45) is 3.36. The summed E-state index contributed by atoms with van der Waals surface area (Å²) in [5.41, 5.74) is 2.48. The first kappa shape index (κ1) is 12.9. The van der Waals surface area contributed by atoms with Crippen LogP contribution in [-0.2, 0) is 20.0 Å². The van der Waals surface area contributed by atoms with Crippen LogP contribution < -0.4 is 0 Å². The molecular formula is C13H22ClN3. The lowest BCUT2D eigenvalue weighted by atomic mass is 9.84. The summed E-state index contributed by atoms with van der Waals surface area (Å²) in [6.45, 7) is 4.27. The van der Waals surface area contributed by atoms with E-state index in [2.05, 4.69) is 30.0 Å². The highest BCUT2D eigenvalue weighted by Gasteiger charge is 2.28. The summed E-state index contributed by atoms with van der Waals surface area (Å²) < 4.78 is 2.00. The Labute approximate surface area is 109 Å². The van der Waals surface area contributed by atoms with Crippen molar-refractivity contribution in [1.29, 1.82) is 0 Å². The molecule has 96 valence electrons. The van der Waals surface area contributed by atoms with E-state index < -0.39 is 0 Å². The molecule has 1 fully saturated rings. The lowest BCUT2D eigenvalue weighted by Crippen LogP contribution is -2.34. The second-order valence-electron chi connectivity index (χ2n) is 5.24. The van der Waals surface area contributed by atoms with Gasteiger partial charge < -0.3 is 4.90 Å². The van der Waals surface area contributed by atoms with Crippen molar-refractivity contribution in [3.63, 3.8) is 0 Å². The van der Waals surface area contributed by atoms with Gasteiger partial charge in [0.15, 0.2) is 0 Å². The fraction of sp³-hybridized carbons (Fsp3) is 0.769. The van der Waals surface area contributed by atoms with Crippen LogP contribution in [0.5, 0.6) is 0 Å². The standard InChI is InChI=1S/C13H22ClN3/c1-4-12-7-13(17(3)15-12)9-16(2)8-10-5-11(14)6-10/h7,10-11H,4-6,8-9H2,1-3H3. The van der Waals surface area contributed by atoms with Crippen LogP contribution in [0.4, 0.5) is 0 Å². The maximum atomic E-state index is 6.00. The van der Waals surface area contributed by atoms with Crippen molar-refractivity contribution < 1.29 is 0 Å². The van der Waals surface area contributed by atoms with E-state index in [1.807, 2.05) is 11.7 Å². The van der Waals surface area contributed by atoms with E-state index in [1.54, 1.807) is 0 Å². The molecule has 1 aromatic rings. The topological polar surface area (TPSA) is 21.1 Å². The van der Waals surface area contributed by atoms with Gasteiger partial charge in [-0.1, -0.05) is 6.92 Å². The average Bonchev–Trinajstić information content (AvgIpc) is 2.57. The molecule has 0 unspecified atom stereocenters. The molecular weight excluding hydrogens is 234 g/mol. The van der Waals surface area contributed by atoms with E-state index in [1.165, 1.54) is 24.2 Å². The normalized spacial score (nSPS) is 24.1. The number of aromatic nitrogens is 2. The first-order valence-electron chi connectivity index (χ1n) is 6.43. The third kappa shape index (κ3) is 3.23. The van der Waals surface area contributed by atoms with Gasteiger partial charge in [-0.15, -0.1) is 11.6 Å². The van der Waals surface area contributed by atoms with Crippen LogP contribution in [0.1, 0.15) is 31.2 Å². The summed E-state index contributed by atoms with van der Waals surface area (Å²) in [6, 6.07) is 2.21. The zero-order chi connectivity index (χ0) is 12.4. The van der Waals surface area contributed by atoms with Gasteiger partial charge >= 0.3 is 0 Å². The molecule has 2 rings (SSSR count). The van der Waals surface area contributed by atoms with Crippen molar-refractivity contribution >= 4 is 11.6 Å². The van der Waals surface area contributed by atoms with Crippen LogP contribution in [0.2, 0.25) is 0 Å². The monoisotopic (exact) mass is 255 g/mol. The fourth-order valence-corrected chi connectivity index (χ4v) is 2.98. The summed E-state index contributed by atoms with van der Waals surface area (Å²) >= 11 is 6.00. The predicted molar refractivity (Wildman–Crippen MR) is 71.3 cm³/mol. The van der Waals surface area contributed by atoms with Crippen molar-refractivity contribution in [2.45, 2.75) is 38.1 Å². The molecule has 0 amide bonds. The highest BCUT2D eigenvalue weighted by Crippen LogP contribution is 2.32. The zero-order valence-corrected chi connectivity index (χ0v) is 11.7. The minimum Gasteiger partial charge on any atom is -0.300 e. The Kier molecular flexibility index (Phi) is 4.10. The summed E-state index contributed by atoms with van der Waals surface area (Å²) in [4.78, 5) is 2.38. The van der Waals surface area contributed by atoms with Gasteiger partial charge in [0, 0.05) is 25.5 Å². The third-order valence-corrected chi connectivity index (χ3v) is 3.93. The van der Waals surface area contributed by atoms with Gasteiger partial charge in [-0.05, 0) is 38.3 Å². The second-order valence-corrected chi connectivity index (χ2v) is 5.85. The third-order valence-electron chi connectivity index (χ3n) is 3.57. The number of nitrogens with zero attached hydrogens (tertiary/aromatic N) is 3. The molecule has 0 bridgehead atoms. The smallest absolute Gasteiger partial charge is 0.0625 e. The molecule has 0 radical (unpaired) electrons. The average molecular weight is 256 g/mol. The van der Waals surface area contributed by atoms with E-state index in [9.17, 15) is 0 Å². The van der Waals surface area contributed by atoms with Crippen LogP contribution in [0.15, 0.2) is 6.07 Å². The molecule has 1 aliphatic carbocycles. The van der Waals surface area contributed by atoms with Crippen molar-refractivity contribution in [3.05, 3.63) is 17.5 Å². The number of halogens is 1. The van der Waals surface area contributed by atoms with Gasteiger partial charge in [0.05, 0.1) is 11.4 Å². The first-order chi connectivity index (χ1) is 8.08. The molecule has 17 heavy (non-hydrogen) atoms. The zero-order valence-electron chi connectivity index (χ0n) is 11.0. The van der Waals surface area contributed by atoms with E-state index in [0.717, 1.165) is 25.4 Å². The summed E-state index contributed by atoms with van der Waals surface area (Å²) in [5.74, 6) is 0.793. The molecule has 0 aliphatic heterocycles. The molecule has 0 aromatic carbocycles. The van der Waals surface area contributed by atoms with Gasteiger partial charge in [0.25, 0.3) is 0 Å². The molecule has 0 saturated heterocycles.